The van der Waals surface area contributed by atoms with Crippen LogP contribution in [0.25, 0.3) is 10.9 Å². The van der Waals surface area contributed by atoms with Gasteiger partial charge in [0.2, 0.25) is 0 Å². The highest BCUT2D eigenvalue weighted by molar-refractivity contribution is 9.10. The molecule has 2 N–H and O–H groups in total. The number of para-hydroxylation sites is 1. The van der Waals surface area contributed by atoms with Crippen molar-refractivity contribution in [2.45, 2.75) is 6.54 Å². The second-order valence-corrected chi connectivity index (χ2v) is 5.80. The van der Waals surface area contributed by atoms with Crippen LogP contribution in [0.15, 0.2) is 51.7 Å². The summed E-state index contributed by atoms with van der Waals surface area (Å²) in [4.78, 5) is 19.2. The molecule has 1 aromatic heterocycles. The lowest BCUT2D eigenvalue weighted by molar-refractivity contribution is 0.952. The van der Waals surface area contributed by atoms with Gasteiger partial charge in [-0.3, -0.25) is 4.79 Å². The predicted octanol–water partition coefficient (Wildman–Crippen LogP) is 3.95. The standard InChI is InChI=1S/C15H11BrClN3O/c16-11-3-1-2-4-12(11)18-8-14-19-13-7-9(17)5-6-10(13)15(21)20-14/h1-7,18H,8H2,(H,19,20,21). The Balaban J connectivity index is 1.91. The van der Waals surface area contributed by atoms with Crippen molar-refractivity contribution in [2.75, 3.05) is 5.32 Å². The monoisotopic (exact) mass is 363 g/mol. The molecule has 3 aromatic rings. The van der Waals surface area contributed by atoms with E-state index in [1.807, 2.05) is 24.3 Å². The third-order valence-electron chi connectivity index (χ3n) is 3.04. The fourth-order valence-electron chi connectivity index (χ4n) is 2.03. The highest BCUT2D eigenvalue weighted by Gasteiger charge is 2.05. The zero-order valence-electron chi connectivity index (χ0n) is 10.9. The maximum atomic E-state index is 12.0. The summed E-state index contributed by atoms with van der Waals surface area (Å²) in [6, 6.07) is 12.8. The normalized spacial score (nSPS) is 10.8. The first-order valence-electron chi connectivity index (χ1n) is 6.30. The SMILES string of the molecule is O=c1[nH]c(CNc2ccccc2Br)nc2cc(Cl)ccc12. The first-order chi connectivity index (χ1) is 10.1. The second-order valence-electron chi connectivity index (χ2n) is 4.51. The molecule has 0 atom stereocenters. The molecule has 0 radical (unpaired) electrons. The van der Waals surface area contributed by atoms with E-state index in [9.17, 15) is 4.79 Å². The van der Waals surface area contributed by atoms with Gasteiger partial charge in [-0.15, -0.1) is 0 Å². The number of nitrogens with one attached hydrogen (secondary N) is 2. The molecule has 0 aliphatic rings. The largest absolute Gasteiger partial charge is 0.377 e. The van der Waals surface area contributed by atoms with E-state index in [2.05, 4.69) is 31.2 Å². The number of hydrogen-bond acceptors (Lipinski definition) is 3. The quantitative estimate of drug-likeness (QED) is 0.740. The van der Waals surface area contributed by atoms with Gasteiger partial charge >= 0.3 is 0 Å². The van der Waals surface area contributed by atoms with Crippen LogP contribution in [0.2, 0.25) is 5.02 Å². The van der Waals surface area contributed by atoms with Gasteiger partial charge in [-0.05, 0) is 46.3 Å². The molecule has 4 nitrogen and oxygen atoms in total. The molecule has 21 heavy (non-hydrogen) atoms. The summed E-state index contributed by atoms with van der Waals surface area (Å²) in [6.45, 7) is 0.417. The summed E-state index contributed by atoms with van der Waals surface area (Å²) in [7, 11) is 0. The molecule has 3 rings (SSSR count). The van der Waals surface area contributed by atoms with Gasteiger partial charge in [0.1, 0.15) is 5.82 Å². The zero-order valence-corrected chi connectivity index (χ0v) is 13.2. The number of aromatic nitrogens is 2. The molecule has 0 saturated carbocycles. The van der Waals surface area contributed by atoms with Crippen molar-refractivity contribution in [3.63, 3.8) is 0 Å². The van der Waals surface area contributed by atoms with E-state index in [-0.39, 0.29) is 5.56 Å². The molecule has 0 aliphatic carbocycles. The van der Waals surface area contributed by atoms with Crippen molar-refractivity contribution < 1.29 is 0 Å². The summed E-state index contributed by atoms with van der Waals surface area (Å²) in [6.07, 6.45) is 0. The van der Waals surface area contributed by atoms with Crippen molar-refractivity contribution >= 4 is 44.1 Å². The van der Waals surface area contributed by atoms with Crippen LogP contribution >= 0.6 is 27.5 Å². The van der Waals surface area contributed by atoms with E-state index in [0.29, 0.717) is 28.3 Å². The van der Waals surface area contributed by atoms with Gasteiger partial charge in [0.25, 0.3) is 5.56 Å². The van der Waals surface area contributed by atoms with Crippen molar-refractivity contribution in [1.29, 1.82) is 0 Å². The summed E-state index contributed by atoms with van der Waals surface area (Å²) in [5.41, 5.74) is 1.36. The first-order valence-corrected chi connectivity index (χ1v) is 7.47. The Bertz CT molecular complexity index is 863. The fraction of sp³-hybridized carbons (Fsp3) is 0.0667. The summed E-state index contributed by atoms with van der Waals surface area (Å²) >= 11 is 9.40. The Labute approximate surface area is 134 Å². The number of fused-ring (bicyclic) bond motifs is 1. The number of halogens is 2. The van der Waals surface area contributed by atoms with Gasteiger partial charge in [0.15, 0.2) is 0 Å². The molecular formula is C15H11BrClN3O. The Morgan fingerprint density at radius 1 is 1.24 bits per heavy atom. The molecule has 1 heterocycles. The van der Waals surface area contributed by atoms with Gasteiger partial charge in [-0.1, -0.05) is 23.7 Å². The number of aromatic amines is 1. The third-order valence-corrected chi connectivity index (χ3v) is 3.96. The molecule has 0 unspecified atom stereocenters. The number of nitrogens with zero attached hydrogens (tertiary/aromatic N) is 1. The van der Waals surface area contributed by atoms with Gasteiger partial charge < -0.3 is 10.3 Å². The number of H-pyrrole nitrogens is 1. The Morgan fingerprint density at radius 2 is 2.05 bits per heavy atom. The average Bonchev–Trinajstić information content (AvgIpc) is 2.46. The molecule has 0 bridgehead atoms. The number of anilines is 1. The summed E-state index contributed by atoms with van der Waals surface area (Å²) in [5.74, 6) is 0.561. The van der Waals surface area contributed by atoms with E-state index in [4.69, 9.17) is 11.6 Å². The van der Waals surface area contributed by atoms with Crippen LogP contribution in [0.3, 0.4) is 0 Å². The molecule has 0 amide bonds. The third kappa shape index (κ3) is 3.09. The molecule has 0 fully saturated rings. The van der Waals surface area contributed by atoms with E-state index >= 15 is 0 Å². The van der Waals surface area contributed by atoms with Crippen LogP contribution < -0.4 is 10.9 Å². The van der Waals surface area contributed by atoms with Gasteiger partial charge in [0, 0.05) is 15.2 Å². The van der Waals surface area contributed by atoms with E-state index in [0.717, 1.165) is 10.2 Å². The second kappa shape index (κ2) is 5.87. The van der Waals surface area contributed by atoms with Crippen LogP contribution in [0.5, 0.6) is 0 Å². The first kappa shape index (κ1) is 14.1. The summed E-state index contributed by atoms with van der Waals surface area (Å²) < 4.78 is 0.955. The van der Waals surface area contributed by atoms with Crippen LogP contribution in [0.4, 0.5) is 5.69 Å². The van der Waals surface area contributed by atoms with Crippen LogP contribution in [-0.2, 0) is 6.54 Å². The maximum absolute atomic E-state index is 12.0. The predicted molar refractivity (Wildman–Crippen MR) is 88.8 cm³/mol. The van der Waals surface area contributed by atoms with Crippen molar-refractivity contribution in [2.24, 2.45) is 0 Å². The van der Waals surface area contributed by atoms with E-state index in [1.165, 1.54) is 0 Å². The average molecular weight is 365 g/mol. The Kier molecular flexibility index (Phi) is 3.94. The smallest absolute Gasteiger partial charge is 0.258 e. The van der Waals surface area contributed by atoms with Crippen LogP contribution in [0.1, 0.15) is 5.82 Å². The fourth-order valence-corrected chi connectivity index (χ4v) is 2.62. The molecular weight excluding hydrogens is 354 g/mol. The minimum absolute atomic E-state index is 0.166. The molecule has 106 valence electrons. The topological polar surface area (TPSA) is 57.8 Å². The van der Waals surface area contributed by atoms with Crippen molar-refractivity contribution in [3.8, 4) is 0 Å². The molecule has 0 aliphatic heterocycles. The number of benzene rings is 2. The maximum Gasteiger partial charge on any atom is 0.258 e. The highest BCUT2D eigenvalue weighted by atomic mass is 79.9. The molecule has 0 spiro atoms. The minimum atomic E-state index is -0.166. The number of rotatable bonds is 3. The zero-order chi connectivity index (χ0) is 14.8. The highest BCUT2D eigenvalue weighted by Crippen LogP contribution is 2.21. The Hall–Kier alpha value is -1.85. The van der Waals surface area contributed by atoms with Gasteiger partial charge in [0.05, 0.1) is 17.4 Å². The molecule has 0 saturated heterocycles. The van der Waals surface area contributed by atoms with E-state index < -0.39 is 0 Å². The lowest BCUT2D eigenvalue weighted by Crippen LogP contribution is -2.14. The van der Waals surface area contributed by atoms with Crippen molar-refractivity contribution in [1.82, 2.24) is 9.97 Å². The van der Waals surface area contributed by atoms with Crippen LogP contribution in [0, 0.1) is 0 Å². The van der Waals surface area contributed by atoms with E-state index in [1.54, 1.807) is 18.2 Å². The van der Waals surface area contributed by atoms with Gasteiger partial charge in [-0.25, -0.2) is 4.98 Å². The summed E-state index contributed by atoms with van der Waals surface area (Å²) in [5, 5.41) is 4.32. The van der Waals surface area contributed by atoms with Crippen LogP contribution in [-0.4, -0.2) is 9.97 Å². The lowest BCUT2D eigenvalue weighted by atomic mass is 10.2. The van der Waals surface area contributed by atoms with Crippen molar-refractivity contribution in [3.05, 3.63) is 68.1 Å². The number of hydrogen-bond donors (Lipinski definition) is 2. The lowest BCUT2D eigenvalue weighted by Gasteiger charge is -2.08. The Morgan fingerprint density at radius 3 is 2.86 bits per heavy atom. The minimum Gasteiger partial charge on any atom is -0.377 e. The molecule has 2 aromatic carbocycles. The van der Waals surface area contributed by atoms with Gasteiger partial charge in [-0.2, -0.15) is 0 Å². The molecule has 6 heteroatoms.